The average molecular weight is 408 g/mol. The Hall–Kier alpha value is -3.33. The molecule has 4 rings (SSSR count). The molecule has 1 aliphatic rings. The summed E-state index contributed by atoms with van der Waals surface area (Å²) in [6, 6.07) is 10.6. The number of fused-ring (bicyclic) bond motifs is 1. The molecule has 1 N–H and O–H groups in total. The molecule has 0 unspecified atom stereocenters. The van der Waals surface area contributed by atoms with E-state index in [1.165, 1.54) is 6.07 Å². The van der Waals surface area contributed by atoms with Gasteiger partial charge in [0.05, 0.1) is 16.2 Å². The monoisotopic (exact) mass is 408 g/mol. The number of pyridine rings is 1. The highest BCUT2D eigenvalue weighted by Gasteiger charge is 2.24. The van der Waals surface area contributed by atoms with Gasteiger partial charge in [-0.15, -0.1) is 10.2 Å². The van der Waals surface area contributed by atoms with Crippen LogP contribution in [0, 0.1) is 17.0 Å². The summed E-state index contributed by atoms with van der Waals surface area (Å²) in [5, 5.41) is 22.5. The van der Waals surface area contributed by atoms with Crippen molar-refractivity contribution in [3.05, 3.63) is 64.1 Å². The van der Waals surface area contributed by atoms with Gasteiger partial charge in [0.15, 0.2) is 5.65 Å². The maximum atomic E-state index is 12.4. The van der Waals surface area contributed by atoms with Crippen molar-refractivity contribution in [1.82, 2.24) is 19.5 Å². The lowest BCUT2D eigenvalue weighted by atomic mass is 9.96. The third kappa shape index (κ3) is 4.16. The van der Waals surface area contributed by atoms with Crippen molar-refractivity contribution in [3.8, 4) is 0 Å². The molecule has 2 aromatic heterocycles. The van der Waals surface area contributed by atoms with Gasteiger partial charge in [-0.3, -0.25) is 19.3 Å². The second kappa shape index (κ2) is 8.58. The van der Waals surface area contributed by atoms with Crippen molar-refractivity contribution in [3.63, 3.8) is 0 Å². The Bertz CT molecular complexity index is 1070. The van der Waals surface area contributed by atoms with Gasteiger partial charge < -0.3 is 10.2 Å². The van der Waals surface area contributed by atoms with E-state index in [0.29, 0.717) is 30.1 Å². The maximum absolute atomic E-state index is 12.4. The van der Waals surface area contributed by atoms with E-state index in [1.54, 1.807) is 19.1 Å². The third-order valence-corrected chi connectivity index (χ3v) is 5.72. The molecule has 1 aliphatic heterocycles. The molecule has 3 aromatic rings. The van der Waals surface area contributed by atoms with Crippen LogP contribution in [0.25, 0.3) is 5.65 Å². The topological polar surface area (TPSA) is 106 Å². The Balaban J connectivity index is 1.28. The molecule has 1 amide bonds. The van der Waals surface area contributed by atoms with E-state index in [0.717, 1.165) is 37.4 Å². The minimum Gasteiger partial charge on any atom is -0.326 e. The summed E-state index contributed by atoms with van der Waals surface area (Å²) in [4.78, 5) is 25.2. The third-order valence-electron chi connectivity index (χ3n) is 5.72. The Morgan fingerprint density at radius 2 is 2.00 bits per heavy atom. The van der Waals surface area contributed by atoms with E-state index < -0.39 is 4.92 Å². The predicted octanol–water partition coefficient (Wildman–Crippen LogP) is 3.15. The summed E-state index contributed by atoms with van der Waals surface area (Å²) in [6.07, 6.45) is 4.29. The van der Waals surface area contributed by atoms with E-state index in [2.05, 4.69) is 24.8 Å². The van der Waals surface area contributed by atoms with Gasteiger partial charge in [-0.1, -0.05) is 12.1 Å². The second-order valence-corrected chi connectivity index (χ2v) is 7.61. The van der Waals surface area contributed by atoms with Gasteiger partial charge in [0.2, 0.25) is 5.91 Å². The van der Waals surface area contributed by atoms with Crippen LogP contribution in [0.1, 0.15) is 36.6 Å². The van der Waals surface area contributed by atoms with Gasteiger partial charge in [0.25, 0.3) is 5.69 Å². The smallest absolute Gasteiger partial charge is 0.274 e. The number of rotatable bonds is 6. The van der Waals surface area contributed by atoms with Crippen molar-refractivity contribution < 1.29 is 9.72 Å². The number of hydrogen-bond donors (Lipinski definition) is 1. The van der Waals surface area contributed by atoms with Crippen LogP contribution in [-0.2, 0) is 4.79 Å². The maximum Gasteiger partial charge on any atom is 0.274 e. The van der Waals surface area contributed by atoms with E-state index in [-0.39, 0.29) is 11.6 Å². The molecular formula is C21H24N6O3. The lowest BCUT2D eigenvalue weighted by Gasteiger charge is -2.31. The number of carbonyl (C=O) groups excluding carboxylic acids is 1. The second-order valence-electron chi connectivity index (χ2n) is 7.61. The number of nitro groups is 1. The molecular weight excluding hydrogens is 384 g/mol. The highest BCUT2D eigenvalue weighted by atomic mass is 16.6. The van der Waals surface area contributed by atoms with Crippen molar-refractivity contribution in [1.29, 1.82) is 0 Å². The standard InChI is InChI=1S/C21H24N6O3/c1-15-17(5-4-6-18(15)27(29)30)22-20(28)10-14-25-12-8-16(9-13-25)21-24-23-19-7-2-3-11-26(19)21/h2-7,11,16H,8-10,12-14H2,1H3,(H,22,28). The van der Waals surface area contributed by atoms with Gasteiger partial charge in [0.1, 0.15) is 5.82 Å². The Labute approximate surface area is 173 Å². The number of likely N-dealkylation sites (tertiary alicyclic amines) is 1. The van der Waals surface area contributed by atoms with E-state index in [4.69, 9.17) is 0 Å². The zero-order valence-electron chi connectivity index (χ0n) is 16.8. The first-order valence-corrected chi connectivity index (χ1v) is 10.1. The molecule has 1 saturated heterocycles. The largest absolute Gasteiger partial charge is 0.326 e. The van der Waals surface area contributed by atoms with Crippen LogP contribution >= 0.6 is 0 Å². The highest BCUT2D eigenvalue weighted by Crippen LogP contribution is 2.27. The predicted molar refractivity (Wildman–Crippen MR) is 112 cm³/mol. The van der Waals surface area contributed by atoms with Crippen molar-refractivity contribution in [2.45, 2.75) is 32.1 Å². The zero-order valence-corrected chi connectivity index (χ0v) is 16.8. The van der Waals surface area contributed by atoms with E-state index in [1.807, 2.05) is 24.4 Å². The lowest BCUT2D eigenvalue weighted by Crippen LogP contribution is -2.35. The first kappa shape index (κ1) is 20.0. The van der Waals surface area contributed by atoms with E-state index in [9.17, 15) is 14.9 Å². The molecule has 0 aliphatic carbocycles. The first-order valence-electron chi connectivity index (χ1n) is 10.1. The van der Waals surface area contributed by atoms with Crippen LogP contribution in [-0.4, -0.2) is 50.0 Å². The van der Waals surface area contributed by atoms with Gasteiger partial charge >= 0.3 is 0 Å². The molecule has 9 nitrogen and oxygen atoms in total. The molecule has 9 heteroatoms. The Kier molecular flexibility index (Phi) is 5.71. The molecule has 156 valence electrons. The van der Waals surface area contributed by atoms with Crippen LogP contribution in [0.5, 0.6) is 0 Å². The molecule has 1 fully saturated rings. The van der Waals surface area contributed by atoms with Crippen molar-refractivity contribution in [2.75, 3.05) is 25.0 Å². The summed E-state index contributed by atoms with van der Waals surface area (Å²) < 4.78 is 2.05. The summed E-state index contributed by atoms with van der Waals surface area (Å²) in [5.74, 6) is 1.23. The molecule has 1 aromatic carbocycles. The highest BCUT2D eigenvalue weighted by molar-refractivity contribution is 5.92. The molecule has 0 saturated carbocycles. The number of aromatic nitrogens is 3. The van der Waals surface area contributed by atoms with Crippen LogP contribution in [0.4, 0.5) is 11.4 Å². The fourth-order valence-corrected chi connectivity index (χ4v) is 3.98. The quantitative estimate of drug-likeness (QED) is 0.496. The van der Waals surface area contributed by atoms with Crippen LogP contribution in [0.2, 0.25) is 0 Å². The number of nitrogens with one attached hydrogen (secondary N) is 1. The normalized spacial score (nSPS) is 15.4. The Morgan fingerprint density at radius 3 is 2.77 bits per heavy atom. The number of amides is 1. The SMILES string of the molecule is Cc1c(NC(=O)CCN2CCC(c3nnc4ccccn34)CC2)cccc1[N+](=O)[O-]. The fourth-order valence-electron chi connectivity index (χ4n) is 3.98. The van der Waals surface area contributed by atoms with E-state index >= 15 is 0 Å². The van der Waals surface area contributed by atoms with Gasteiger partial charge in [-0.2, -0.15) is 0 Å². The van der Waals surface area contributed by atoms with Crippen LogP contribution < -0.4 is 5.32 Å². The van der Waals surface area contributed by atoms with Gasteiger partial charge in [0, 0.05) is 31.1 Å². The van der Waals surface area contributed by atoms with Gasteiger partial charge in [-0.05, 0) is 51.1 Å². The molecule has 0 spiro atoms. The minimum atomic E-state index is -0.437. The van der Waals surface area contributed by atoms with Crippen LogP contribution in [0.15, 0.2) is 42.6 Å². The molecule has 0 bridgehead atoms. The molecule has 0 radical (unpaired) electrons. The molecule has 0 atom stereocenters. The lowest BCUT2D eigenvalue weighted by molar-refractivity contribution is -0.385. The number of anilines is 1. The number of nitrogens with zero attached hydrogens (tertiary/aromatic N) is 5. The summed E-state index contributed by atoms with van der Waals surface area (Å²) in [5.41, 5.74) is 1.84. The molecule has 3 heterocycles. The van der Waals surface area contributed by atoms with Crippen molar-refractivity contribution in [2.24, 2.45) is 0 Å². The number of nitro benzene ring substituents is 1. The summed E-state index contributed by atoms with van der Waals surface area (Å²) in [7, 11) is 0. The first-order chi connectivity index (χ1) is 14.5. The number of carbonyl (C=O) groups is 1. The number of hydrogen-bond acceptors (Lipinski definition) is 6. The minimum absolute atomic E-state index is 0.0101. The summed E-state index contributed by atoms with van der Waals surface area (Å²) >= 11 is 0. The van der Waals surface area contributed by atoms with Crippen molar-refractivity contribution >= 4 is 22.9 Å². The van der Waals surface area contributed by atoms with Gasteiger partial charge in [-0.25, -0.2) is 0 Å². The average Bonchev–Trinajstić information content (AvgIpc) is 3.18. The molecule has 30 heavy (non-hydrogen) atoms. The Morgan fingerprint density at radius 1 is 1.20 bits per heavy atom. The zero-order chi connectivity index (χ0) is 21.1. The number of benzene rings is 1. The van der Waals surface area contributed by atoms with Crippen LogP contribution in [0.3, 0.4) is 0 Å². The number of piperidine rings is 1. The summed E-state index contributed by atoms with van der Waals surface area (Å²) in [6.45, 7) is 4.10. The fraction of sp³-hybridized carbons (Fsp3) is 0.381.